The summed E-state index contributed by atoms with van der Waals surface area (Å²) in [5, 5.41) is 12.0. The van der Waals surface area contributed by atoms with Crippen LogP contribution in [0.4, 0.5) is 15.9 Å². The molecule has 1 amide bonds. The Hall–Kier alpha value is -4.36. The van der Waals surface area contributed by atoms with Crippen LogP contribution in [0, 0.1) is 24.1 Å². The number of anilines is 2. The molecule has 8 rings (SSSR count). The number of amides is 1. The molecule has 47 heavy (non-hydrogen) atoms. The first-order valence-electron chi connectivity index (χ1n) is 16.9. The van der Waals surface area contributed by atoms with Crippen molar-refractivity contribution < 1.29 is 19.0 Å². The van der Waals surface area contributed by atoms with Gasteiger partial charge in [-0.1, -0.05) is 25.5 Å². The Morgan fingerprint density at radius 1 is 1.19 bits per heavy atom. The van der Waals surface area contributed by atoms with Crippen LogP contribution >= 0.6 is 0 Å². The zero-order valence-corrected chi connectivity index (χ0v) is 26.9. The van der Waals surface area contributed by atoms with E-state index in [9.17, 15) is 14.3 Å². The lowest BCUT2D eigenvalue weighted by molar-refractivity contribution is -0.129. The summed E-state index contributed by atoms with van der Waals surface area (Å²) >= 11 is 0. The highest BCUT2D eigenvalue weighted by atomic mass is 19.1. The normalized spacial score (nSPS) is 24.7. The number of hydrogen-bond acceptors (Lipinski definition) is 8. The zero-order valence-electron chi connectivity index (χ0n) is 26.9. The molecule has 10 heteroatoms. The summed E-state index contributed by atoms with van der Waals surface area (Å²) in [5.74, 6) is 3.41. The Morgan fingerprint density at radius 2 is 2.00 bits per heavy atom. The molecule has 2 bridgehead atoms. The van der Waals surface area contributed by atoms with Gasteiger partial charge in [0.25, 0.3) is 0 Å². The average molecular weight is 637 g/mol. The van der Waals surface area contributed by atoms with E-state index in [0.29, 0.717) is 67.6 Å². The van der Waals surface area contributed by atoms with Crippen LogP contribution in [0.1, 0.15) is 55.8 Å². The number of hydrogen-bond donors (Lipinski definition) is 1. The smallest absolute Gasteiger partial charge is 0.318 e. The van der Waals surface area contributed by atoms with Gasteiger partial charge in [-0.15, -0.1) is 6.42 Å². The van der Waals surface area contributed by atoms with E-state index in [1.165, 1.54) is 25.0 Å². The van der Waals surface area contributed by atoms with Gasteiger partial charge in [0, 0.05) is 42.3 Å². The number of carbonyl (C=O) groups excluding carboxylic acids is 1. The van der Waals surface area contributed by atoms with E-state index < -0.39 is 5.82 Å². The minimum Gasteiger partial charge on any atom is -0.508 e. The van der Waals surface area contributed by atoms with Gasteiger partial charge in [0.1, 0.15) is 24.0 Å². The standard InChI is InChI=1S/C37H41FN6O3/c1-4-27-29(38)9-8-24-17-26(45)18-31(34(24)27)41-15-10-28-30(20-41)39-36(47-22-37-11-6-13-43(37)14-7-12-37)40-35(28)42-19-25-16-23(3)32(21-42)44(25)33(46)5-2/h1,5,8-9,17-18,23,25,32,45H,2,6-7,10-16,19-22H2,3H3/t23?,25-,32-/m0/s1. The molecule has 6 heterocycles. The van der Waals surface area contributed by atoms with E-state index in [1.807, 2.05) is 4.90 Å². The highest BCUT2D eigenvalue weighted by Gasteiger charge is 2.48. The molecular weight excluding hydrogens is 595 g/mol. The molecule has 3 aromatic rings. The van der Waals surface area contributed by atoms with Crippen LogP contribution in [-0.2, 0) is 17.8 Å². The fourth-order valence-corrected chi connectivity index (χ4v) is 9.23. The number of aromatic nitrogens is 2. The van der Waals surface area contributed by atoms with Crippen LogP contribution in [0.15, 0.2) is 36.9 Å². The maximum Gasteiger partial charge on any atom is 0.318 e. The summed E-state index contributed by atoms with van der Waals surface area (Å²) in [6, 6.07) is 6.81. The minimum atomic E-state index is -0.463. The summed E-state index contributed by atoms with van der Waals surface area (Å²) in [6.45, 7) is 11.2. The molecular formula is C37H41FN6O3. The Bertz CT molecular complexity index is 1810. The van der Waals surface area contributed by atoms with Gasteiger partial charge in [-0.2, -0.15) is 9.97 Å². The maximum atomic E-state index is 14.9. The molecule has 3 atom stereocenters. The number of halogens is 1. The van der Waals surface area contributed by atoms with Crippen LogP contribution < -0.4 is 14.5 Å². The molecule has 2 aromatic carbocycles. The number of carbonyl (C=O) groups is 1. The molecule has 5 aliphatic rings. The summed E-state index contributed by atoms with van der Waals surface area (Å²) in [6.07, 6.45) is 13.4. The first-order chi connectivity index (χ1) is 22.8. The first kappa shape index (κ1) is 30.0. The quantitative estimate of drug-likeness (QED) is 0.310. The van der Waals surface area contributed by atoms with E-state index >= 15 is 0 Å². The van der Waals surface area contributed by atoms with Crippen LogP contribution in [0.25, 0.3) is 10.8 Å². The first-order valence-corrected chi connectivity index (χ1v) is 16.9. The molecule has 4 saturated heterocycles. The number of piperazine rings is 1. The Labute approximate surface area is 275 Å². The van der Waals surface area contributed by atoms with Gasteiger partial charge in [0.2, 0.25) is 5.91 Å². The monoisotopic (exact) mass is 636 g/mol. The summed E-state index contributed by atoms with van der Waals surface area (Å²) in [4.78, 5) is 32.0. The second kappa shape index (κ2) is 11.4. The number of benzene rings is 2. The summed E-state index contributed by atoms with van der Waals surface area (Å²) < 4.78 is 21.5. The predicted molar refractivity (Wildman–Crippen MR) is 179 cm³/mol. The van der Waals surface area contributed by atoms with Crippen molar-refractivity contribution in [3.8, 4) is 24.1 Å². The highest BCUT2D eigenvalue weighted by molar-refractivity contribution is 6.00. The van der Waals surface area contributed by atoms with E-state index in [1.54, 1.807) is 18.2 Å². The molecule has 244 valence electrons. The third-order valence-corrected chi connectivity index (χ3v) is 11.4. The molecule has 9 nitrogen and oxygen atoms in total. The maximum absolute atomic E-state index is 14.9. The Kier molecular flexibility index (Phi) is 7.28. The number of phenols is 1. The van der Waals surface area contributed by atoms with Crippen molar-refractivity contribution in [2.24, 2.45) is 5.92 Å². The van der Waals surface area contributed by atoms with Gasteiger partial charge in [0.05, 0.1) is 35.4 Å². The number of aromatic hydroxyl groups is 1. The lowest BCUT2D eigenvalue weighted by atomic mass is 9.95. The average Bonchev–Trinajstić information content (AvgIpc) is 3.71. The van der Waals surface area contributed by atoms with E-state index in [2.05, 4.69) is 34.1 Å². The van der Waals surface area contributed by atoms with Crippen molar-refractivity contribution in [1.29, 1.82) is 0 Å². The van der Waals surface area contributed by atoms with Crippen LogP contribution in [0.5, 0.6) is 11.8 Å². The minimum absolute atomic E-state index is 0.00793. The molecule has 1 unspecified atom stereocenters. The van der Waals surface area contributed by atoms with E-state index in [0.717, 1.165) is 49.4 Å². The summed E-state index contributed by atoms with van der Waals surface area (Å²) in [7, 11) is 0. The topological polar surface area (TPSA) is 85.3 Å². The predicted octanol–water partition coefficient (Wildman–Crippen LogP) is 4.64. The van der Waals surface area contributed by atoms with Gasteiger partial charge in [-0.05, 0) is 81.1 Å². The fraction of sp³-hybridized carbons (Fsp3) is 0.486. The van der Waals surface area contributed by atoms with Gasteiger partial charge in [0.15, 0.2) is 0 Å². The Balaban J connectivity index is 1.17. The lowest BCUT2D eigenvalue weighted by Gasteiger charge is -2.43. The van der Waals surface area contributed by atoms with Crippen molar-refractivity contribution in [3.05, 3.63) is 59.6 Å². The fourth-order valence-electron chi connectivity index (χ4n) is 9.23. The molecule has 0 saturated carbocycles. The molecule has 1 N–H and O–H groups in total. The van der Waals surface area contributed by atoms with Crippen LogP contribution in [0.2, 0.25) is 0 Å². The third kappa shape index (κ3) is 4.89. The van der Waals surface area contributed by atoms with Gasteiger partial charge in [-0.25, -0.2) is 4.39 Å². The van der Waals surface area contributed by atoms with Gasteiger partial charge in [-0.3, -0.25) is 9.69 Å². The molecule has 0 spiro atoms. The number of fused-ring (bicyclic) bond motifs is 5. The SMILES string of the molecule is C#Cc1c(F)ccc2cc(O)cc(N3CCc4c(nc(OCC56CCCN5CCC6)nc4N4C[C@@H]5CC(C)[C@H](C4)N5C(=O)C=C)C3)c12. The van der Waals surface area contributed by atoms with Crippen LogP contribution in [-0.4, -0.2) is 87.7 Å². The van der Waals surface area contributed by atoms with E-state index in [-0.39, 0.29) is 34.8 Å². The largest absolute Gasteiger partial charge is 0.508 e. The number of phenolic OH excluding ortho intramolecular Hbond substituents is 1. The van der Waals surface area contributed by atoms with Crippen molar-refractivity contribution in [2.75, 3.05) is 49.1 Å². The van der Waals surface area contributed by atoms with Crippen molar-refractivity contribution in [3.63, 3.8) is 0 Å². The van der Waals surface area contributed by atoms with Crippen LogP contribution in [0.3, 0.4) is 0 Å². The number of nitrogens with zero attached hydrogens (tertiary/aromatic N) is 6. The van der Waals surface area contributed by atoms with Crippen molar-refractivity contribution >= 4 is 28.2 Å². The van der Waals surface area contributed by atoms with Crippen molar-refractivity contribution in [1.82, 2.24) is 19.8 Å². The van der Waals surface area contributed by atoms with Gasteiger partial charge >= 0.3 is 6.01 Å². The molecule has 5 aliphatic heterocycles. The third-order valence-electron chi connectivity index (χ3n) is 11.4. The van der Waals surface area contributed by atoms with Crippen molar-refractivity contribution in [2.45, 2.75) is 69.6 Å². The highest BCUT2D eigenvalue weighted by Crippen LogP contribution is 2.42. The van der Waals surface area contributed by atoms with Gasteiger partial charge < -0.3 is 24.5 Å². The second-order valence-electron chi connectivity index (χ2n) is 14.1. The molecule has 1 aromatic heterocycles. The Morgan fingerprint density at radius 3 is 2.74 bits per heavy atom. The molecule has 0 radical (unpaired) electrons. The van der Waals surface area contributed by atoms with E-state index in [4.69, 9.17) is 21.1 Å². The number of terminal acetylenes is 1. The zero-order chi connectivity index (χ0) is 32.4. The number of ether oxygens (including phenoxy) is 1. The second-order valence-corrected chi connectivity index (χ2v) is 14.1. The lowest BCUT2D eigenvalue weighted by Crippen LogP contribution is -2.56. The number of rotatable bonds is 6. The summed E-state index contributed by atoms with van der Waals surface area (Å²) in [5.41, 5.74) is 2.83. The molecule has 4 fully saturated rings. The molecule has 0 aliphatic carbocycles.